The van der Waals surface area contributed by atoms with E-state index in [1.165, 1.54) is 0 Å². The first-order valence-electron chi connectivity index (χ1n) is 5.09. The Labute approximate surface area is 97.6 Å². The summed E-state index contributed by atoms with van der Waals surface area (Å²) in [6, 6.07) is 2.02. The number of hydrogen-bond donors (Lipinski definition) is 1. The molecule has 1 aromatic rings. The molecule has 0 spiro atoms. The Bertz CT molecular complexity index is 315. The predicted octanol–water partition coefficient (Wildman–Crippen LogP) is 1.79. The van der Waals surface area contributed by atoms with Gasteiger partial charge in [-0.2, -0.15) is 0 Å². The van der Waals surface area contributed by atoms with Gasteiger partial charge in [-0.1, -0.05) is 15.9 Å². The SMILES string of the molecule is BrCCNc1cc(C2CCOC2)ncn1. The van der Waals surface area contributed by atoms with E-state index < -0.39 is 0 Å². The number of halogens is 1. The monoisotopic (exact) mass is 271 g/mol. The van der Waals surface area contributed by atoms with Gasteiger partial charge < -0.3 is 10.1 Å². The molecule has 4 nitrogen and oxygen atoms in total. The molecule has 2 heterocycles. The fourth-order valence-electron chi connectivity index (χ4n) is 1.64. The Hall–Kier alpha value is -0.680. The standard InChI is InChI=1S/C10H14BrN3O/c11-2-3-12-10-5-9(13-7-14-10)8-1-4-15-6-8/h5,7-8H,1-4,6H2,(H,12,13,14). The summed E-state index contributed by atoms with van der Waals surface area (Å²) in [7, 11) is 0. The van der Waals surface area contributed by atoms with Crippen molar-refractivity contribution in [1.82, 2.24) is 9.97 Å². The van der Waals surface area contributed by atoms with Crippen LogP contribution in [0.2, 0.25) is 0 Å². The fourth-order valence-corrected chi connectivity index (χ4v) is 1.83. The van der Waals surface area contributed by atoms with Crippen molar-refractivity contribution in [3.05, 3.63) is 18.1 Å². The molecule has 15 heavy (non-hydrogen) atoms. The Kier molecular flexibility index (Phi) is 3.91. The number of anilines is 1. The lowest BCUT2D eigenvalue weighted by Crippen LogP contribution is -2.07. The summed E-state index contributed by atoms with van der Waals surface area (Å²) in [5.41, 5.74) is 1.08. The van der Waals surface area contributed by atoms with Gasteiger partial charge >= 0.3 is 0 Å². The first-order chi connectivity index (χ1) is 7.40. The Balaban J connectivity index is 2.04. The number of nitrogens with zero attached hydrogens (tertiary/aromatic N) is 2. The van der Waals surface area contributed by atoms with Crippen LogP contribution in [-0.2, 0) is 4.74 Å². The van der Waals surface area contributed by atoms with Gasteiger partial charge in [0, 0.05) is 30.5 Å². The minimum Gasteiger partial charge on any atom is -0.381 e. The Morgan fingerprint density at radius 3 is 3.20 bits per heavy atom. The van der Waals surface area contributed by atoms with Crippen LogP contribution >= 0.6 is 15.9 Å². The Morgan fingerprint density at radius 2 is 2.47 bits per heavy atom. The quantitative estimate of drug-likeness (QED) is 0.849. The molecule has 1 fully saturated rings. The number of nitrogens with one attached hydrogen (secondary N) is 1. The van der Waals surface area contributed by atoms with Crippen LogP contribution in [-0.4, -0.2) is 35.1 Å². The van der Waals surface area contributed by atoms with Gasteiger partial charge in [0.15, 0.2) is 0 Å². The average molecular weight is 272 g/mol. The van der Waals surface area contributed by atoms with Gasteiger partial charge in [-0.25, -0.2) is 9.97 Å². The van der Waals surface area contributed by atoms with Crippen LogP contribution in [0.3, 0.4) is 0 Å². The van der Waals surface area contributed by atoms with Crippen LogP contribution in [0.25, 0.3) is 0 Å². The molecule has 0 bridgehead atoms. The molecule has 5 heteroatoms. The zero-order valence-corrected chi connectivity index (χ0v) is 10.0. The van der Waals surface area contributed by atoms with Crippen molar-refractivity contribution in [3.63, 3.8) is 0 Å². The maximum Gasteiger partial charge on any atom is 0.129 e. The highest BCUT2D eigenvalue weighted by atomic mass is 79.9. The lowest BCUT2D eigenvalue weighted by molar-refractivity contribution is 0.193. The summed E-state index contributed by atoms with van der Waals surface area (Å²) >= 11 is 3.37. The van der Waals surface area contributed by atoms with E-state index in [1.54, 1.807) is 6.33 Å². The number of alkyl halides is 1. The number of ether oxygens (including phenoxy) is 1. The van der Waals surface area contributed by atoms with Crippen molar-refractivity contribution in [1.29, 1.82) is 0 Å². The van der Waals surface area contributed by atoms with Gasteiger partial charge in [0.1, 0.15) is 12.1 Å². The molecule has 1 N–H and O–H groups in total. The predicted molar refractivity (Wildman–Crippen MR) is 62.5 cm³/mol. The summed E-state index contributed by atoms with van der Waals surface area (Å²) in [5.74, 6) is 1.34. The highest BCUT2D eigenvalue weighted by Crippen LogP contribution is 2.24. The summed E-state index contributed by atoms with van der Waals surface area (Å²) in [6.07, 6.45) is 2.68. The van der Waals surface area contributed by atoms with E-state index in [2.05, 4.69) is 31.2 Å². The zero-order valence-electron chi connectivity index (χ0n) is 8.45. The summed E-state index contributed by atoms with van der Waals surface area (Å²) in [4.78, 5) is 8.45. The van der Waals surface area contributed by atoms with Gasteiger partial charge in [-0.15, -0.1) is 0 Å². The number of rotatable bonds is 4. The van der Waals surface area contributed by atoms with Gasteiger partial charge in [-0.05, 0) is 6.42 Å². The minimum atomic E-state index is 0.442. The molecule has 0 saturated carbocycles. The largest absolute Gasteiger partial charge is 0.381 e. The van der Waals surface area contributed by atoms with E-state index in [-0.39, 0.29) is 0 Å². The average Bonchev–Trinajstić information content (AvgIpc) is 2.80. The molecule has 1 saturated heterocycles. The van der Waals surface area contributed by atoms with E-state index in [9.17, 15) is 0 Å². The van der Waals surface area contributed by atoms with Crippen molar-refractivity contribution >= 4 is 21.7 Å². The van der Waals surface area contributed by atoms with Gasteiger partial charge in [0.25, 0.3) is 0 Å². The molecule has 2 rings (SSSR count). The summed E-state index contributed by atoms with van der Waals surface area (Å²) in [5, 5.41) is 4.13. The molecule has 0 amide bonds. The second kappa shape index (κ2) is 5.42. The summed E-state index contributed by atoms with van der Waals surface area (Å²) < 4.78 is 5.34. The van der Waals surface area contributed by atoms with E-state index in [4.69, 9.17) is 4.74 Å². The molecule has 0 aliphatic carbocycles. The molecule has 0 aromatic carbocycles. The van der Waals surface area contributed by atoms with Crippen LogP contribution in [0.1, 0.15) is 18.0 Å². The van der Waals surface area contributed by atoms with E-state index >= 15 is 0 Å². The Morgan fingerprint density at radius 1 is 1.53 bits per heavy atom. The maximum absolute atomic E-state index is 5.34. The van der Waals surface area contributed by atoms with Gasteiger partial charge in [0.2, 0.25) is 0 Å². The molecule has 1 aromatic heterocycles. The fraction of sp³-hybridized carbons (Fsp3) is 0.600. The highest BCUT2D eigenvalue weighted by molar-refractivity contribution is 9.09. The molecule has 1 aliphatic heterocycles. The number of aromatic nitrogens is 2. The maximum atomic E-state index is 5.34. The molecule has 1 aliphatic rings. The van der Waals surface area contributed by atoms with Gasteiger partial charge in [0.05, 0.1) is 12.3 Å². The van der Waals surface area contributed by atoms with Crippen LogP contribution in [0.5, 0.6) is 0 Å². The normalized spacial score (nSPS) is 20.5. The lowest BCUT2D eigenvalue weighted by Gasteiger charge is -2.08. The van der Waals surface area contributed by atoms with Crippen molar-refractivity contribution < 1.29 is 4.74 Å². The van der Waals surface area contributed by atoms with E-state index in [0.29, 0.717) is 5.92 Å². The lowest BCUT2D eigenvalue weighted by atomic mass is 10.1. The van der Waals surface area contributed by atoms with E-state index in [0.717, 1.165) is 43.0 Å². The second-order valence-corrected chi connectivity index (χ2v) is 4.30. The molecular weight excluding hydrogens is 258 g/mol. The van der Waals surface area contributed by atoms with Gasteiger partial charge in [-0.3, -0.25) is 0 Å². The third-order valence-corrected chi connectivity index (χ3v) is 2.83. The van der Waals surface area contributed by atoms with Crippen molar-refractivity contribution in [2.75, 3.05) is 30.4 Å². The first-order valence-corrected chi connectivity index (χ1v) is 6.22. The smallest absolute Gasteiger partial charge is 0.129 e. The summed E-state index contributed by atoms with van der Waals surface area (Å²) in [6.45, 7) is 2.51. The topological polar surface area (TPSA) is 47.0 Å². The molecule has 0 radical (unpaired) electrons. The van der Waals surface area contributed by atoms with Crippen LogP contribution in [0.4, 0.5) is 5.82 Å². The molecule has 1 unspecified atom stereocenters. The third-order valence-electron chi connectivity index (χ3n) is 2.44. The molecule has 82 valence electrons. The number of hydrogen-bond acceptors (Lipinski definition) is 4. The van der Waals surface area contributed by atoms with Crippen molar-refractivity contribution in [3.8, 4) is 0 Å². The third kappa shape index (κ3) is 2.89. The van der Waals surface area contributed by atoms with E-state index in [1.807, 2.05) is 6.07 Å². The van der Waals surface area contributed by atoms with Crippen LogP contribution in [0.15, 0.2) is 12.4 Å². The molecule has 1 atom stereocenters. The second-order valence-electron chi connectivity index (χ2n) is 3.50. The van der Waals surface area contributed by atoms with Crippen LogP contribution in [0, 0.1) is 0 Å². The molecular formula is C10H14BrN3O. The zero-order chi connectivity index (χ0) is 10.5. The van der Waals surface area contributed by atoms with Crippen molar-refractivity contribution in [2.24, 2.45) is 0 Å². The minimum absolute atomic E-state index is 0.442. The van der Waals surface area contributed by atoms with Crippen LogP contribution < -0.4 is 5.32 Å². The first kappa shape index (κ1) is 10.8. The van der Waals surface area contributed by atoms with Crippen molar-refractivity contribution in [2.45, 2.75) is 12.3 Å². The highest BCUT2D eigenvalue weighted by Gasteiger charge is 2.19.